The molecule has 0 aromatic heterocycles. The molecule has 0 atom stereocenters. The minimum atomic E-state index is -3.41. The van der Waals surface area contributed by atoms with Crippen molar-refractivity contribution in [2.45, 2.75) is 6.42 Å². The lowest BCUT2D eigenvalue weighted by molar-refractivity contribution is 0.0955. The van der Waals surface area contributed by atoms with Crippen LogP contribution in [0.2, 0.25) is 0 Å². The van der Waals surface area contributed by atoms with Gasteiger partial charge in [0.15, 0.2) is 11.5 Å². The predicted octanol–water partition coefficient (Wildman–Crippen LogP) is 0.305. The second-order valence-corrected chi connectivity index (χ2v) is 7.62. The molecule has 0 aliphatic heterocycles. The van der Waals surface area contributed by atoms with Crippen molar-refractivity contribution in [3.05, 3.63) is 23.8 Å². The fourth-order valence-electron chi connectivity index (χ4n) is 2.07. The molecule has 0 aliphatic rings. The van der Waals surface area contributed by atoms with Crippen LogP contribution in [0.25, 0.3) is 0 Å². The number of hydrogen-bond donors (Lipinski definition) is 2. The van der Waals surface area contributed by atoms with E-state index in [0.29, 0.717) is 23.6 Å². The molecular formula is C16H27N3O5S. The van der Waals surface area contributed by atoms with Crippen molar-refractivity contribution in [2.75, 3.05) is 53.7 Å². The van der Waals surface area contributed by atoms with Crippen LogP contribution < -0.4 is 19.5 Å². The molecule has 1 aromatic carbocycles. The standard InChI is InChI=1S/C16H27N3O5S/c1-19(2)10-5-8-18-25(21,22)11-9-17-16(20)13-6-7-14(23-3)15(12-13)24-4/h6-7,12,18H,5,8-11H2,1-4H3,(H,17,20). The number of sulfonamides is 1. The maximum atomic E-state index is 12.1. The van der Waals surface area contributed by atoms with Crippen LogP contribution in [0.3, 0.4) is 0 Å². The van der Waals surface area contributed by atoms with Crippen molar-refractivity contribution in [2.24, 2.45) is 0 Å². The first-order chi connectivity index (χ1) is 11.8. The van der Waals surface area contributed by atoms with Crippen LogP contribution in [0, 0.1) is 0 Å². The van der Waals surface area contributed by atoms with E-state index in [0.717, 1.165) is 13.0 Å². The van der Waals surface area contributed by atoms with Crippen molar-refractivity contribution < 1.29 is 22.7 Å². The van der Waals surface area contributed by atoms with Crippen LogP contribution >= 0.6 is 0 Å². The van der Waals surface area contributed by atoms with Gasteiger partial charge in [0.1, 0.15) is 0 Å². The highest BCUT2D eigenvalue weighted by Crippen LogP contribution is 2.27. The summed E-state index contributed by atoms with van der Waals surface area (Å²) in [5.74, 6) is 0.409. The van der Waals surface area contributed by atoms with E-state index in [2.05, 4.69) is 10.0 Å². The van der Waals surface area contributed by atoms with Crippen molar-refractivity contribution in [3.8, 4) is 11.5 Å². The summed E-state index contributed by atoms with van der Waals surface area (Å²) in [5.41, 5.74) is 0.369. The molecule has 0 bridgehead atoms. The number of ether oxygens (including phenoxy) is 2. The van der Waals surface area contributed by atoms with Crippen molar-refractivity contribution in [1.82, 2.24) is 14.9 Å². The van der Waals surface area contributed by atoms with E-state index < -0.39 is 10.0 Å². The number of carbonyl (C=O) groups is 1. The zero-order chi connectivity index (χ0) is 18.9. The molecule has 25 heavy (non-hydrogen) atoms. The SMILES string of the molecule is COc1ccc(C(=O)NCCS(=O)(=O)NCCCN(C)C)cc1OC. The Kier molecular flexibility index (Phi) is 8.67. The lowest BCUT2D eigenvalue weighted by atomic mass is 10.2. The quantitative estimate of drug-likeness (QED) is 0.542. The Morgan fingerprint density at radius 3 is 2.40 bits per heavy atom. The molecule has 0 saturated carbocycles. The Labute approximate surface area is 149 Å². The van der Waals surface area contributed by atoms with Gasteiger partial charge in [-0.3, -0.25) is 4.79 Å². The molecule has 0 saturated heterocycles. The fraction of sp³-hybridized carbons (Fsp3) is 0.562. The van der Waals surface area contributed by atoms with Gasteiger partial charge in [0.05, 0.1) is 20.0 Å². The summed E-state index contributed by atoms with van der Waals surface area (Å²) in [7, 11) is 3.44. The third kappa shape index (κ3) is 7.72. The van der Waals surface area contributed by atoms with Gasteiger partial charge in [-0.2, -0.15) is 0 Å². The summed E-state index contributed by atoms with van der Waals surface area (Å²) < 4.78 is 36.5. The van der Waals surface area contributed by atoms with E-state index in [1.54, 1.807) is 18.2 Å². The van der Waals surface area contributed by atoms with Gasteiger partial charge < -0.3 is 19.7 Å². The average Bonchev–Trinajstić information content (AvgIpc) is 2.57. The summed E-state index contributed by atoms with van der Waals surface area (Å²) >= 11 is 0. The number of nitrogens with one attached hydrogen (secondary N) is 2. The Bertz CT molecular complexity index is 662. The second kappa shape index (κ2) is 10.2. The van der Waals surface area contributed by atoms with E-state index in [1.165, 1.54) is 14.2 Å². The molecule has 0 fully saturated rings. The number of nitrogens with zero attached hydrogens (tertiary/aromatic N) is 1. The Balaban J connectivity index is 2.46. The third-order valence-corrected chi connectivity index (χ3v) is 4.79. The number of rotatable bonds is 11. The zero-order valence-electron chi connectivity index (χ0n) is 15.2. The van der Waals surface area contributed by atoms with Gasteiger partial charge in [-0.05, 0) is 45.3 Å². The average molecular weight is 373 g/mol. The molecule has 0 radical (unpaired) electrons. The van der Waals surface area contributed by atoms with Crippen molar-refractivity contribution >= 4 is 15.9 Å². The van der Waals surface area contributed by atoms with Gasteiger partial charge in [-0.1, -0.05) is 0 Å². The van der Waals surface area contributed by atoms with Crippen LogP contribution in [0.5, 0.6) is 11.5 Å². The number of amides is 1. The lowest BCUT2D eigenvalue weighted by Gasteiger charge is -2.11. The molecule has 0 unspecified atom stereocenters. The number of hydrogen-bond acceptors (Lipinski definition) is 6. The summed E-state index contributed by atoms with van der Waals surface area (Å²) in [4.78, 5) is 14.1. The first-order valence-corrected chi connectivity index (χ1v) is 9.56. The molecular weight excluding hydrogens is 346 g/mol. The van der Waals surface area contributed by atoms with E-state index in [1.807, 2.05) is 19.0 Å². The topological polar surface area (TPSA) is 97.0 Å². The first kappa shape index (κ1) is 21.2. The second-order valence-electron chi connectivity index (χ2n) is 5.70. The van der Waals surface area contributed by atoms with Gasteiger partial charge in [-0.25, -0.2) is 13.1 Å². The fourth-order valence-corrected chi connectivity index (χ4v) is 3.04. The van der Waals surface area contributed by atoms with Crippen LogP contribution in [-0.4, -0.2) is 72.9 Å². The maximum Gasteiger partial charge on any atom is 0.251 e. The highest BCUT2D eigenvalue weighted by Gasteiger charge is 2.13. The van der Waals surface area contributed by atoms with Crippen LogP contribution in [-0.2, 0) is 10.0 Å². The van der Waals surface area contributed by atoms with Gasteiger partial charge in [-0.15, -0.1) is 0 Å². The Morgan fingerprint density at radius 1 is 1.12 bits per heavy atom. The van der Waals surface area contributed by atoms with Crippen LogP contribution in [0.15, 0.2) is 18.2 Å². The normalized spacial score (nSPS) is 11.4. The summed E-state index contributed by atoms with van der Waals surface area (Å²) in [6.07, 6.45) is 0.726. The minimum absolute atomic E-state index is 0.0240. The first-order valence-electron chi connectivity index (χ1n) is 7.91. The van der Waals surface area contributed by atoms with Gasteiger partial charge >= 0.3 is 0 Å². The van der Waals surface area contributed by atoms with E-state index in [4.69, 9.17) is 9.47 Å². The number of benzene rings is 1. The monoisotopic (exact) mass is 373 g/mol. The van der Waals surface area contributed by atoms with E-state index >= 15 is 0 Å². The van der Waals surface area contributed by atoms with E-state index in [9.17, 15) is 13.2 Å². The molecule has 2 N–H and O–H groups in total. The van der Waals surface area contributed by atoms with Gasteiger partial charge in [0, 0.05) is 18.7 Å². The highest BCUT2D eigenvalue weighted by molar-refractivity contribution is 7.89. The molecule has 9 heteroatoms. The van der Waals surface area contributed by atoms with Crippen molar-refractivity contribution in [1.29, 1.82) is 0 Å². The summed E-state index contributed by atoms with van der Waals surface area (Å²) in [5, 5.41) is 2.59. The number of carbonyl (C=O) groups excluding carboxylic acids is 1. The smallest absolute Gasteiger partial charge is 0.251 e. The van der Waals surface area contributed by atoms with Crippen LogP contribution in [0.4, 0.5) is 0 Å². The third-order valence-electron chi connectivity index (χ3n) is 3.41. The molecule has 1 amide bonds. The summed E-state index contributed by atoms with van der Waals surface area (Å²) in [6.45, 7) is 1.21. The molecule has 1 rings (SSSR count). The zero-order valence-corrected chi connectivity index (χ0v) is 16.0. The molecule has 0 aliphatic carbocycles. The largest absolute Gasteiger partial charge is 0.493 e. The van der Waals surface area contributed by atoms with E-state index in [-0.39, 0.29) is 18.2 Å². The summed E-state index contributed by atoms with van der Waals surface area (Å²) in [6, 6.07) is 4.75. The molecule has 1 aromatic rings. The van der Waals surface area contributed by atoms with Gasteiger partial charge in [0.2, 0.25) is 10.0 Å². The number of methoxy groups -OCH3 is 2. The van der Waals surface area contributed by atoms with Gasteiger partial charge in [0.25, 0.3) is 5.91 Å². The Morgan fingerprint density at radius 2 is 1.80 bits per heavy atom. The molecule has 0 heterocycles. The molecule has 0 spiro atoms. The molecule has 8 nitrogen and oxygen atoms in total. The van der Waals surface area contributed by atoms with Crippen molar-refractivity contribution in [3.63, 3.8) is 0 Å². The minimum Gasteiger partial charge on any atom is -0.493 e. The predicted molar refractivity (Wildman–Crippen MR) is 96.8 cm³/mol. The lowest BCUT2D eigenvalue weighted by Crippen LogP contribution is -2.35. The Hall–Kier alpha value is -1.84. The maximum absolute atomic E-state index is 12.1. The molecule has 142 valence electrons. The van der Waals surface area contributed by atoms with Crippen LogP contribution in [0.1, 0.15) is 16.8 Å². The highest BCUT2D eigenvalue weighted by atomic mass is 32.2.